The van der Waals surface area contributed by atoms with Gasteiger partial charge in [-0.15, -0.1) is 0 Å². The Balaban J connectivity index is 1.78. The average molecular weight is 358 g/mol. The van der Waals surface area contributed by atoms with Crippen LogP contribution in [-0.2, 0) is 11.3 Å². The summed E-state index contributed by atoms with van der Waals surface area (Å²) in [6.45, 7) is -0.228. The molecule has 5 nitrogen and oxygen atoms in total. The van der Waals surface area contributed by atoms with Crippen molar-refractivity contribution in [3.05, 3.63) is 82.1 Å². The van der Waals surface area contributed by atoms with E-state index in [-0.39, 0.29) is 17.8 Å². The van der Waals surface area contributed by atoms with Crippen molar-refractivity contribution in [1.29, 1.82) is 0 Å². The molecule has 25 heavy (non-hydrogen) atoms. The molecule has 1 N–H and O–H groups in total. The van der Waals surface area contributed by atoms with Gasteiger partial charge in [-0.1, -0.05) is 35.9 Å². The van der Waals surface area contributed by atoms with Crippen molar-refractivity contribution in [2.45, 2.75) is 6.54 Å². The Bertz CT molecular complexity index is 988. The predicted octanol–water partition coefficient (Wildman–Crippen LogP) is 3.34. The first-order valence-corrected chi connectivity index (χ1v) is 7.78. The summed E-state index contributed by atoms with van der Waals surface area (Å²) in [7, 11) is 0. The van der Waals surface area contributed by atoms with E-state index in [0.717, 1.165) is 4.57 Å². The molecule has 0 saturated carbocycles. The number of hydrogen-bond acceptors (Lipinski definition) is 3. The molecule has 2 aromatic carbocycles. The lowest BCUT2D eigenvalue weighted by molar-refractivity contribution is -0.116. The fraction of sp³-hybridized carbons (Fsp3) is 0.0556. The minimum absolute atomic E-state index is 0.214. The molecular weight excluding hydrogens is 345 g/mol. The van der Waals surface area contributed by atoms with Gasteiger partial charge in [0.05, 0.1) is 22.7 Å². The summed E-state index contributed by atoms with van der Waals surface area (Å²) >= 11 is 5.97. The van der Waals surface area contributed by atoms with Crippen molar-refractivity contribution in [2.24, 2.45) is 0 Å². The Morgan fingerprint density at radius 3 is 2.60 bits per heavy atom. The number of aromatic nitrogens is 2. The lowest BCUT2D eigenvalue weighted by atomic mass is 10.1. The maximum Gasteiger partial charge on any atom is 0.254 e. The zero-order valence-electron chi connectivity index (χ0n) is 12.9. The summed E-state index contributed by atoms with van der Waals surface area (Å²) < 4.78 is 14.9. The summed E-state index contributed by atoms with van der Waals surface area (Å²) in [4.78, 5) is 28.3. The van der Waals surface area contributed by atoms with Gasteiger partial charge in [0.1, 0.15) is 12.4 Å². The molecule has 0 unspecified atom stereocenters. The molecule has 0 saturated heterocycles. The van der Waals surface area contributed by atoms with Crippen LogP contribution in [0.25, 0.3) is 11.3 Å². The van der Waals surface area contributed by atoms with Crippen molar-refractivity contribution in [3.8, 4) is 11.3 Å². The highest BCUT2D eigenvalue weighted by Crippen LogP contribution is 2.20. The fourth-order valence-corrected chi connectivity index (χ4v) is 2.45. The highest BCUT2D eigenvalue weighted by Gasteiger charge is 2.10. The maximum absolute atomic E-state index is 13.8. The molecule has 3 rings (SSSR count). The van der Waals surface area contributed by atoms with Crippen molar-refractivity contribution in [3.63, 3.8) is 0 Å². The van der Waals surface area contributed by atoms with Crippen molar-refractivity contribution < 1.29 is 9.18 Å². The molecular formula is C18H13ClFN3O2. The van der Waals surface area contributed by atoms with Gasteiger partial charge in [-0.2, -0.15) is 0 Å². The zero-order valence-corrected chi connectivity index (χ0v) is 13.7. The number of rotatable bonds is 4. The largest absolute Gasteiger partial charge is 0.323 e. The number of nitrogens with one attached hydrogen (secondary N) is 1. The topological polar surface area (TPSA) is 64.0 Å². The van der Waals surface area contributed by atoms with E-state index in [4.69, 9.17) is 11.6 Å². The highest BCUT2D eigenvalue weighted by molar-refractivity contribution is 6.33. The van der Waals surface area contributed by atoms with Crippen LogP contribution in [0.3, 0.4) is 0 Å². The van der Waals surface area contributed by atoms with Gasteiger partial charge in [0.25, 0.3) is 5.56 Å². The molecule has 3 aromatic rings. The van der Waals surface area contributed by atoms with Gasteiger partial charge in [-0.25, -0.2) is 9.37 Å². The molecule has 7 heteroatoms. The molecule has 1 amide bonds. The van der Waals surface area contributed by atoms with Gasteiger partial charge in [-0.3, -0.25) is 14.2 Å². The van der Waals surface area contributed by atoms with E-state index >= 15 is 0 Å². The van der Waals surface area contributed by atoms with Gasteiger partial charge < -0.3 is 5.32 Å². The van der Waals surface area contributed by atoms with Crippen LogP contribution in [0.2, 0.25) is 5.02 Å². The zero-order chi connectivity index (χ0) is 17.8. The number of nitrogens with zero attached hydrogens (tertiary/aromatic N) is 2. The van der Waals surface area contributed by atoms with Crippen molar-refractivity contribution in [2.75, 3.05) is 5.32 Å². The monoisotopic (exact) mass is 357 g/mol. The molecule has 0 aliphatic carbocycles. The fourth-order valence-electron chi connectivity index (χ4n) is 2.27. The standard InChI is InChI=1S/C18H13ClFN3O2/c19-13-6-2-4-8-15(13)22-17(24)10-23-11-21-16(9-18(23)25)12-5-1-3-7-14(12)20/h1-9,11H,10H2,(H,22,24). The summed E-state index contributed by atoms with van der Waals surface area (Å²) in [5.41, 5.74) is 0.443. The van der Waals surface area contributed by atoms with Gasteiger partial charge in [0.15, 0.2) is 0 Å². The molecule has 0 spiro atoms. The summed E-state index contributed by atoms with van der Waals surface area (Å²) in [5.74, 6) is -0.890. The first-order chi connectivity index (χ1) is 12.0. The van der Waals surface area contributed by atoms with E-state index in [1.165, 1.54) is 24.5 Å². The summed E-state index contributed by atoms with van der Waals surface area (Å²) in [6.07, 6.45) is 1.22. The summed E-state index contributed by atoms with van der Waals surface area (Å²) in [5, 5.41) is 3.02. The number of halogens is 2. The maximum atomic E-state index is 13.8. The third-order valence-corrected chi connectivity index (χ3v) is 3.82. The van der Waals surface area contributed by atoms with Crippen LogP contribution in [-0.4, -0.2) is 15.5 Å². The molecule has 126 valence electrons. The van der Waals surface area contributed by atoms with Crippen LogP contribution in [0.5, 0.6) is 0 Å². The van der Waals surface area contributed by atoms with E-state index in [1.54, 1.807) is 36.4 Å². The Morgan fingerprint density at radius 2 is 1.88 bits per heavy atom. The smallest absolute Gasteiger partial charge is 0.254 e. The van der Waals surface area contributed by atoms with E-state index in [9.17, 15) is 14.0 Å². The first-order valence-electron chi connectivity index (χ1n) is 7.40. The second-order valence-electron chi connectivity index (χ2n) is 5.25. The van der Waals surface area contributed by atoms with E-state index in [2.05, 4.69) is 10.3 Å². The van der Waals surface area contributed by atoms with Crippen LogP contribution < -0.4 is 10.9 Å². The second kappa shape index (κ2) is 7.27. The normalized spacial score (nSPS) is 10.5. The first kappa shape index (κ1) is 16.9. The molecule has 0 bridgehead atoms. The Kier molecular flexibility index (Phi) is 4.90. The third-order valence-electron chi connectivity index (χ3n) is 3.49. The minimum Gasteiger partial charge on any atom is -0.323 e. The number of para-hydroxylation sites is 1. The van der Waals surface area contributed by atoms with Gasteiger partial charge in [0, 0.05) is 11.6 Å². The van der Waals surface area contributed by atoms with Gasteiger partial charge in [0.2, 0.25) is 5.91 Å². The Morgan fingerprint density at radius 1 is 1.16 bits per heavy atom. The Hall–Kier alpha value is -2.99. The van der Waals surface area contributed by atoms with Crippen LogP contribution in [0, 0.1) is 5.82 Å². The molecule has 0 fully saturated rings. The lowest BCUT2D eigenvalue weighted by Gasteiger charge is -2.09. The molecule has 0 aliphatic rings. The molecule has 0 aliphatic heterocycles. The van der Waals surface area contributed by atoms with Gasteiger partial charge in [-0.05, 0) is 24.3 Å². The number of benzene rings is 2. The number of amides is 1. The van der Waals surface area contributed by atoms with Crippen molar-refractivity contribution in [1.82, 2.24) is 9.55 Å². The lowest BCUT2D eigenvalue weighted by Crippen LogP contribution is -2.27. The SMILES string of the molecule is O=C(Cn1cnc(-c2ccccc2F)cc1=O)Nc1ccccc1Cl. The molecule has 0 atom stereocenters. The molecule has 1 aromatic heterocycles. The Labute approximate surface area is 147 Å². The van der Waals surface area contributed by atoms with Crippen molar-refractivity contribution >= 4 is 23.2 Å². The molecule has 0 radical (unpaired) electrons. The predicted molar refractivity (Wildman–Crippen MR) is 94.0 cm³/mol. The minimum atomic E-state index is -0.469. The third kappa shape index (κ3) is 3.92. The van der Waals surface area contributed by atoms with Crippen LogP contribution in [0.15, 0.2) is 65.7 Å². The van der Waals surface area contributed by atoms with E-state index in [1.807, 2.05) is 0 Å². The van der Waals surface area contributed by atoms with E-state index in [0.29, 0.717) is 10.7 Å². The number of hydrogen-bond donors (Lipinski definition) is 1. The number of anilines is 1. The van der Waals surface area contributed by atoms with Crippen LogP contribution in [0.1, 0.15) is 0 Å². The quantitative estimate of drug-likeness (QED) is 0.778. The number of carbonyl (C=O) groups excluding carboxylic acids is 1. The van der Waals surface area contributed by atoms with E-state index < -0.39 is 17.3 Å². The highest BCUT2D eigenvalue weighted by atomic mass is 35.5. The molecule has 1 heterocycles. The van der Waals surface area contributed by atoms with Gasteiger partial charge >= 0.3 is 0 Å². The van der Waals surface area contributed by atoms with Crippen LogP contribution in [0.4, 0.5) is 10.1 Å². The van der Waals surface area contributed by atoms with Crippen LogP contribution >= 0.6 is 11.6 Å². The number of carbonyl (C=O) groups is 1. The second-order valence-corrected chi connectivity index (χ2v) is 5.66. The summed E-state index contributed by atoms with van der Waals surface area (Å²) in [6, 6.07) is 14.0. The average Bonchev–Trinajstić information content (AvgIpc) is 2.59.